The summed E-state index contributed by atoms with van der Waals surface area (Å²) in [4.78, 5) is 7.85. The van der Waals surface area contributed by atoms with E-state index in [1.54, 1.807) is 13.3 Å². The Labute approximate surface area is 87.8 Å². The number of hydrogen-bond donors (Lipinski definition) is 0. The molecule has 1 rings (SSSR count). The third-order valence-electron chi connectivity index (χ3n) is 1.87. The van der Waals surface area contributed by atoms with Gasteiger partial charge in [-0.1, -0.05) is 11.6 Å². The van der Waals surface area contributed by atoms with Crippen LogP contribution >= 0.6 is 11.6 Å². The van der Waals surface area contributed by atoms with Gasteiger partial charge in [0.15, 0.2) is 0 Å². The van der Waals surface area contributed by atoms with Crippen molar-refractivity contribution in [2.45, 2.75) is 19.3 Å². The zero-order chi connectivity index (χ0) is 10.8. The van der Waals surface area contributed by atoms with Gasteiger partial charge in [0.1, 0.15) is 5.82 Å². The van der Waals surface area contributed by atoms with Crippen molar-refractivity contribution in [1.29, 1.82) is 0 Å². The molecule has 76 valence electrons. The van der Waals surface area contributed by atoms with Crippen LogP contribution in [0.4, 0.5) is 4.39 Å². The molecule has 1 heterocycles. The lowest BCUT2D eigenvalue weighted by Crippen LogP contribution is -2.22. The number of pyridine rings is 1. The van der Waals surface area contributed by atoms with Crippen LogP contribution in [0.15, 0.2) is 17.3 Å². The molecule has 0 aromatic carbocycles. The van der Waals surface area contributed by atoms with Crippen molar-refractivity contribution in [2.24, 2.45) is 4.99 Å². The van der Waals surface area contributed by atoms with Crippen molar-refractivity contribution in [1.82, 2.24) is 4.98 Å². The average molecular weight is 215 g/mol. The lowest BCUT2D eigenvalue weighted by Gasteiger charge is -2.18. The molecule has 0 amide bonds. The molecule has 0 saturated heterocycles. The SMILES string of the molecule is CN=CC(C)(C)c1ncc(Cl)cc1F. The minimum atomic E-state index is -0.510. The molecule has 0 bridgehead atoms. The highest BCUT2D eigenvalue weighted by atomic mass is 35.5. The van der Waals surface area contributed by atoms with Crippen LogP contribution in [-0.2, 0) is 5.41 Å². The number of aromatic nitrogens is 1. The van der Waals surface area contributed by atoms with E-state index in [1.807, 2.05) is 13.8 Å². The van der Waals surface area contributed by atoms with Crippen LogP contribution in [-0.4, -0.2) is 18.2 Å². The van der Waals surface area contributed by atoms with Crippen molar-refractivity contribution in [2.75, 3.05) is 7.05 Å². The highest BCUT2D eigenvalue weighted by Crippen LogP contribution is 2.23. The van der Waals surface area contributed by atoms with Gasteiger partial charge >= 0.3 is 0 Å². The van der Waals surface area contributed by atoms with Gasteiger partial charge in [0.2, 0.25) is 0 Å². The molecule has 0 saturated carbocycles. The monoisotopic (exact) mass is 214 g/mol. The summed E-state index contributed by atoms with van der Waals surface area (Å²) in [5, 5.41) is 0.301. The predicted octanol–water partition coefficient (Wildman–Crippen LogP) is 2.85. The zero-order valence-corrected chi connectivity index (χ0v) is 9.14. The Hall–Kier alpha value is -0.960. The van der Waals surface area contributed by atoms with E-state index >= 15 is 0 Å². The number of aliphatic imine (C=N–C) groups is 1. The van der Waals surface area contributed by atoms with Gasteiger partial charge in [0, 0.05) is 24.9 Å². The van der Waals surface area contributed by atoms with Crippen LogP contribution < -0.4 is 0 Å². The van der Waals surface area contributed by atoms with E-state index in [9.17, 15) is 4.39 Å². The van der Waals surface area contributed by atoms with Gasteiger partial charge in [0.25, 0.3) is 0 Å². The summed E-state index contributed by atoms with van der Waals surface area (Å²) in [6.45, 7) is 3.69. The molecule has 0 spiro atoms. The molecule has 0 unspecified atom stereocenters. The average Bonchev–Trinajstić information content (AvgIpc) is 2.02. The van der Waals surface area contributed by atoms with E-state index in [0.29, 0.717) is 10.7 Å². The van der Waals surface area contributed by atoms with Gasteiger partial charge in [-0.05, 0) is 19.9 Å². The molecule has 1 aromatic rings. The maximum Gasteiger partial charge on any atom is 0.147 e. The molecule has 0 radical (unpaired) electrons. The Balaban J connectivity index is 3.19. The zero-order valence-electron chi connectivity index (χ0n) is 8.38. The fourth-order valence-corrected chi connectivity index (χ4v) is 1.42. The van der Waals surface area contributed by atoms with Gasteiger partial charge < -0.3 is 0 Å². The molecular weight excluding hydrogens is 203 g/mol. The number of nitrogens with zero attached hydrogens (tertiary/aromatic N) is 2. The molecule has 0 aliphatic heterocycles. The van der Waals surface area contributed by atoms with Crippen molar-refractivity contribution in [3.63, 3.8) is 0 Å². The Morgan fingerprint density at radius 1 is 1.57 bits per heavy atom. The fourth-order valence-electron chi connectivity index (χ4n) is 1.27. The first-order valence-corrected chi connectivity index (χ1v) is 4.60. The van der Waals surface area contributed by atoms with Gasteiger partial charge in [0.05, 0.1) is 10.7 Å². The summed E-state index contributed by atoms with van der Waals surface area (Å²) in [5.74, 6) is -0.401. The van der Waals surface area contributed by atoms with Crippen LogP contribution in [0, 0.1) is 5.82 Å². The standard InChI is InChI=1S/C10H12ClFN2/c1-10(2,6-13-3)9-8(12)4-7(11)5-14-9/h4-6H,1-3H3. The third-order valence-corrected chi connectivity index (χ3v) is 2.08. The van der Waals surface area contributed by atoms with E-state index in [0.717, 1.165) is 0 Å². The van der Waals surface area contributed by atoms with E-state index in [1.165, 1.54) is 12.3 Å². The summed E-state index contributed by atoms with van der Waals surface area (Å²) in [6.07, 6.45) is 3.09. The summed E-state index contributed by atoms with van der Waals surface area (Å²) >= 11 is 5.61. The summed E-state index contributed by atoms with van der Waals surface area (Å²) in [6, 6.07) is 1.26. The summed E-state index contributed by atoms with van der Waals surface area (Å²) in [7, 11) is 1.65. The molecular formula is C10H12ClFN2. The van der Waals surface area contributed by atoms with Gasteiger partial charge in [-0.3, -0.25) is 9.98 Å². The van der Waals surface area contributed by atoms with Gasteiger partial charge in [-0.2, -0.15) is 0 Å². The topological polar surface area (TPSA) is 25.2 Å². The minimum absolute atomic E-state index is 0.301. The third kappa shape index (κ3) is 2.29. The number of halogens is 2. The quantitative estimate of drug-likeness (QED) is 0.695. The Bertz CT molecular complexity index is 361. The molecule has 14 heavy (non-hydrogen) atoms. The smallest absolute Gasteiger partial charge is 0.147 e. The highest BCUT2D eigenvalue weighted by molar-refractivity contribution is 6.30. The van der Waals surface area contributed by atoms with Crippen LogP contribution in [0.5, 0.6) is 0 Å². The van der Waals surface area contributed by atoms with Crippen molar-refractivity contribution in [3.05, 3.63) is 28.8 Å². The highest BCUT2D eigenvalue weighted by Gasteiger charge is 2.23. The molecule has 0 aliphatic carbocycles. The molecule has 4 heteroatoms. The largest absolute Gasteiger partial charge is 0.300 e. The summed E-state index contributed by atoms with van der Waals surface area (Å²) < 4.78 is 13.5. The minimum Gasteiger partial charge on any atom is -0.300 e. The van der Waals surface area contributed by atoms with E-state index in [-0.39, 0.29) is 0 Å². The van der Waals surface area contributed by atoms with Crippen molar-refractivity contribution in [3.8, 4) is 0 Å². The van der Waals surface area contributed by atoms with Crippen molar-refractivity contribution >= 4 is 17.8 Å². The fraction of sp³-hybridized carbons (Fsp3) is 0.400. The molecule has 0 atom stereocenters. The number of rotatable bonds is 2. The first kappa shape index (κ1) is 11.1. The second-order valence-corrected chi connectivity index (χ2v) is 4.03. The maximum absolute atomic E-state index is 13.5. The lowest BCUT2D eigenvalue weighted by molar-refractivity contribution is 0.560. The Morgan fingerprint density at radius 3 is 2.71 bits per heavy atom. The molecule has 0 fully saturated rings. The Morgan fingerprint density at radius 2 is 2.21 bits per heavy atom. The molecule has 0 N–H and O–H groups in total. The Kier molecular flexibility index (Phi) is 3.21. The van der Waals surface area contributed by atoms with Crippen molar-refractivity contribution < 1.29 is 4.39 Å². The van der Waals surface area contributed by atoms with E-state index < -0.39 is 11.2 Å². The van der Waals surface area contributed by atoms with Gasteiger partial charge in [-0.25, -0.2) is 4.39 Å². The van der Waals surface area contributed by atoms with Crippen LogP contribution in [0.2, 0.25) is 5.02 Å². The molecule has 0 aliphatic rings. The normalized spacial score (nSPS) is 12.4. The molecule has 1 aromatic heterocycles. The number of hydrogen-bond acceptors (Lipinski definition) is 2. The van der Waals surface area contributed by atoms with Gasteiger partial charge in [-0.15, -0.1) is 0 Å². The van der Waals surface area contributed by atoms with E-state index in [2.05, 4.69) is 9.98 Å². The van der Waals surface area contributed by atoms with Crippen LogP contribution in [0.25, 0.3) is 0 Å². The van der Waals surface area contributed by atoms with Crippen LogP contribution in [0.1, 0.15) is 19.5 Å². The van der Waals surface area contributed by atoms with Crippen LogP contribution in [0.3, 0.4) is 0 Å². The lowest BCUT2D eigenvalue weighted by atomic mass is 9.90. The second-order valence-electron chi connectivity index (χ2n) is 3.59. The second kappa shape index (κ2) is 4.05. The predicted molar refractivity (Wildman–Crippen MR) is 56.6 cm³/mol. The molecule has 2 nitrogen and oxygen atoms in total. The summed E-state index contributed by atoms with van der Waals surface area (Å²) in [5.41, 5.74) is -0.156. The van der Waals surface area contributed by atoms with E-state index in [4.69, 9.17) is 11.6 Å². The first-order valence-electron chi connectivity index (χ1n) is 4.22. The maximum atomic E-state index is 13.5. The first-order chi connectivity index (χ1) is 6.47.